The third kappa shape index (κ3) is 5.02. The fourth-order valence-corrected chi connectivity index (χ4v) is 3.60. The molecule has 1 fully saturated rings. The van der Waals surface area contributed by atoms with E-state index < -0.39 is 0 Å². The van der Waals surface area contributed by atoms with Crippen molar-refractivity contribution in [3.63, 3.8) is 0 Å². The average Bonchev–Trinajstić information content (AvgIpc) is 2.68. The zero-order valence-corrected chi connectivity index (χ0v) is 16.5. The molecule has 1 saturated heterocycles. The summed E-state index contributed by atoms with van der Waals surface area (Å²) >= 11 is 0. The van der Waals surface area contributed by atoms with E-state index in [1.165, 1.54) is 0 Å². The van der Waals surface area contributed by atoms with Crippen LogP contribution in [0.1, 0.15) is 45.2 Å². The first-order chi connectivity index (χ1) is 13.1. The molecule has 6 nitrogen and oxygen atoms in total. The van der Waals surface area contributed by atoms with Crippen LogP contribution in [0.2, 0.25) is 0 Å². The maximum atomic E-state index is 12.6. The molecule has 3 rings (SSSR count). The molecule has 2 aromatic rings. The van der Waals surface area contributed by atoms with Crippen LogP contribution in [0, 0.1) is 12.8 Å². The molecule has 1 N–H and O–H groups in total. The Kier molecular flexibility index (Phi) is 6.37. The number of piperidine rings is 1. The molecule has 0 aromatic carbocycles. The van der Waals surface area contributed by atoms with E-state index in [2.05, 4.69) is 34.0 Å². The van der Waals surface area contributed by atoms with Crippen molar-refractivity contribution in [2.75, 3.05) is 18.0 Å². The highest BCUT2D eigenvalue weighted by molar-refractivity contribution is 5.79. The van der Waals surface area contributed by atoms with Crippen molar-refractivity contribution in [1.29, 1.82) is 0 Å². The van der Waals surface area contributed by atoms with Gasteiger partial charge in [0.15, 0.2) is 5.82 Å². The smallest absolute Gasteiger partial charge is 0.225 e. The Hall–Kier alpha value is -2.50. The molecule has 0 saturated carbocycles. The molecule has 0 aliphatic carbocycles. The van der Waals surface area contributed by atoms with Gasteiger partial charge in [-0.25, -0.2) is 9.97 Å². The zero-order chi connectivity index (χ0) is 19.2. The number of nitrogens with zero attached hydrogens (tertiary/aromatic N) is 4. The summed E-state index contributed by atoms with van der Waals surface area (Å²) in [4.78, 5) is 28.3. The molecule has 2 aromatic heterocycles. The predicted molar refractivity (Wildman–Crippen MR) is 107 cm³/mol. The van der Waals surface area contributed by atoms with Crippen LogP contribution >= 0.6 is 0 Å². The largest absolute Gasteiger partial charge is 0.356 e. The van der Waals surface area contributed by atoms with Crippen molar-refractivity contribution in [2.45, 2.75) is 52.5 Å². The third-order valence-electron chi connectivity index (χ3n) is 4.99. The Labute approximate surface area is 161 Å². The average molecular weight is 367 g/mol. The molecule has 2 unspecified atom stereocenters. The lowest BCUT2D eigenvalue weighted by Gasteiger charge is -2.33. The van der Waals surface area contributed by atoms with E-state index in [4.69, 9.17) is 4.98 Å². The molecule has 27 heavy (non-hydrogen) atoms. The van der Waals surface area contributed by atoms with Crippen molar-refractivity contribution >= 4 is 11.7 Å². The van der Waals surface area contributed by atoms with E-state index in [-0.39, 0.29) is 17.9 Å². The monoisotopic (exact) mass is 367 g/mol. The van der Waals surface area contributed by atoms with Crippen LogP contribution in [0.3, 0.4) is 0 Å². The molecule has 0 radical (unpaired) electrons. The van der Waals surface area contributed by atoms with E-state index >= 15 is 0 Å². The number of anilines is 1. The Morgan fingerprint density at radius 3 is 3.00 bits per heavy atom. The Morgan fingerprint density at radius 2 is 2.26 bits per heavy atom. The number of pyridine rings is 1. The minimum absolute atomic E-state index is 0.00942. The van der Waals surface area contributed by atoms with Gasteiger partial charge < -0.3 is 10.2 Å². The lowest BCUT2D eigenvalue weighted by atomic mass is 9.96. The Bertz CT molecular complexity index is 764. The van der Waals surface area contributed by atoms with Crippen LogP contribution in [0.15, 0.2) is 30.6 Å². The molecule has 1 amide bonds. The topological polar surface area (TPSA) is 71.0 Å². The highest BCUT2D eigenvalue weighted by Gasteiger charge is 2.27. The third-order valence-corrected chi connectivity index (χ3v) is 4.99. The second kappa shape index (κ2) is 8.93. The van der Waals surface area contributed by atoms with Gasteiger partial charge in [0.1, 0.15) is 5.82 Å². The van der Waals surface area contributed by atoms with Crippen molar-refractivity contribution in [2.24, 2.45) is 5.92 Å². The number of aromatic nitrogens is 3. The summed E-state index contributed by atoms with van der Waals surface area (Å²) in [7, 11) is 0. The summed E-state index contributed by atoms with van der Waals surface area (Å²) in [6.07, 6.45) is 7.54. The number of hydrogen-bond donors (Lipinski definition) is 1. The maximum Gasteiger partial charge on any atom is 0.225 e. The van der Waals surface area contributed by atoms with Crippen LogP contribution in [-0.2, 0) is 4.79 Å². The molecule has 0 spiro atoms. The number of aryl methyl sites for hydroxylation is 1. The number of carbonyl (C=O) groups excluding carboxylic acids is 1. The zero-order valence-electron chi connectivity index (χ0n) is 16.5. The van der Waals surface area contributed by atoms with Crippen LogP contribution < -0.4 is 10.2 Å². The SMILES string of the molecule is CCCC(C)NC(=O)C1CCCN(c2cc(C)nc(-c3cccnc3)n2)C1. The van der Waals surface area contributed by atoms with Crippen molar-refractivity contribution < 1.29 is 4.79 Å². The van der Waals surface area contributed by atoms with Crippen molar-refractivity contribution in [3.8, 4) is 11.4 Å². The molecule has 144 valence electrons. The van der Waals surface area contributed by atoms with Crippen LogP contribution in [-0.4, -0.2) is 40.0 Å². The molecule has 3 heterocycles. The van der Waals surface area contributed by atoms with E-state index in [0.29, 0.717) is 12.4 Å². The van der Waals surface area contributed by atoms with Gasteiger partial charge >= 0.3 is 0 Å². The molecular formula is C21H29N5O. The Morgan fingerprint density at radius 1 is 1.41 bits per heavy atom. The first-order valence-corrected chi connectivity index (χ1v) is 9.88. The lowest BCUT2D eigenvalue weighted by molar-refractivity contribution is -0.125. The van der Waals surface area contributed by atoms with Gasteiger partial charge in [0.25, 0.3) is 0 Å². The highest BCUT2D eigenvalue weighted by atomic mass is 16.2. The molecule has 2 atom stereocenters. The number of amides is 1. The highest BCUT2D eigenvalue weighted by Crippen LogP contribution is 2.25. The number of hydrogen-bond acceptors (Lipinski definition) is 5. The van der Waals surface area contributed by atoms with Gasteiger partial charge in [0, 0.05) is 48.8 Å². The fraction of sp³-hybridized carbons (Fsp3) is 0.524. The Balaban J connectivity index is 1.74. The van der Waals surface area contributed by atoms with E-state index in [0.717, 1.165) is 49.3 Å². The minimum Gasteiger partial charge on any atom is -0.356 e. The van der Waals surface area contributed by atoms with Gasteiger partial charge in [0.05, 0.1) is 5.92 Å². The normalized spacial score (nSPS) is 18.2. The number of nitrogens with one attached hydrogen (secondary N) is 1. The molecule has 1 aliphatic rings. The van der Waals surface area contributed by atoms with Gasteiger partial charge in [0.2, 0.25) is 5.91 Å². The van der Waals surface area contributed by atoms with Crippen LogP contribution in [0.4, 0.5) is 5.82 Å². The van der Waals surface area contributed by atoms with E-state index in [1.807, 2.05) is 25.1 Å². The first kappa shape index (κ1) is 19.3. The molecule has 0 bridgehead atoms. The van der Waals surface area contributed by atoms with E-state index in [9.17, 15) is 4.79 Å². The summed E-state index contributed by atoms with van der Waals surface area (Å²) in [6, 6.07) is 6.09. The summed E-state index contributed by atoms with van der Waals surface area (Å²) in [5, 5.41) is 3.16. The summed E-state index contributed by atoms with van der Waals surface area (Å²) in [6.45, 7) is 7.81. The van der Waals surface area contributed by atoms with Crippen LogP contribution in [0.25, 0.3) is 11.4 Å². The molecule has 1 aliphatic heterocycles. The lowest BCUT2D eigenvalue weighted by Crippen LogP contribution is -2.45. The maximum absolute atomic E-state index is 12.6. The number of carbonyl (C=O) groups is 1. The minimum atomic E-state index is 0.00942. The summed E-state index contributed by atoms with van der Waals surface area (Å²) in [5.74, 6) is 1.75. The van der Waals surface area contributed by atoms with Gasteiger partial charge in [-0.2, -0.15) is 0 Å². The first-order valence-electron chi connectivity index (χ1n) is 9.88. The predicted octanol–water partition coefficient (Wildman–Crippen LogP) is 3.37. The second-order valence-corrected chi connectivity index (χ2v) is 7.42. The van der Waals surface area contributed by atoms with Gasteiger partial charge in [-0.15, -0.1) is 0 Å². The summed E-state index contributed by atoms with van der Waals surface area (Å²) in [5.41, 5.74) is 1.82. The van der Waals surface area contributed by atoms with Crippen molar-refractivity contribution in [1.82, 2.24) is 20.3 Å². The molecule has 6 heteroatoms. The standard InChI is InChI=1S/C21H29N5O/c1-4-7-15(2)24-21(27)18-9-6-11-26(14-18)19-12-16(3)23-20(25-19)17-8-5-10-22-13-17/h5,8,10,12-13,15,18H,4,6-7,9,11,14H2,1-3H3,(H,24,27). The van der Waals surface area contributed by atoms with Crippen molar-refractivity contribution in [3.05, 3.63) is 36.3 Å². The fourth-order valence-electron chi connectivity index (χ4n) is 3.60. The van der Waals surface area contributed by atoms with Gasteiger partial charge in [-0.3, -0.25) is 9.78 Å². The quantitative estimate of drug-likeness (QED) is 0.848. The molecular weight excluding hydrogens is 338 g/mol. The van der Waals surface area contributed by atoms with E-state index in [1.54, 1.807) is 12.4 Å². The summed E-state index contributed by atoms with van der Waals surface area (Å²) < 4.78 is 0. The van der Waals surface area contributed by atoms with Crippen LogP contribution in [0.5, 0.6) is 0 Å². The second-order valence-electron chi connectivity index (χ2n) is 7.42. The van der Waals surface area contributed by atoms with Gasteiger partial charge in [-0.1, -0.05) is 13.3 Å². The van der Waals surface area contributed by atoms with Gasteiger partial charge in [-0.05, 0) is 45.2 Å². The number of rotatable bonds is 6.